The summed E-state index contributed by atoms with van der Waals surface area (Å²) in [5.41, 5.74) is -0.274. The van der Waals surface area contributed by atoms with Crippen LogP contribution < -0.4 is 0 Å². The number of rotatable bonds is 6. The fraction of sp³-hybridized carbons (Fsp3) is 0.400. The van der Waals surface area contributed by atoms with Gasteiger partial charge in [-0.1, -0.05) is 35.9 Å². The van der Waals surface area contributed by atoms with E-state index in [1.807, 2.05) is 6.92 Å². The maximum Gasteiger partial charge on any atom is 0.299 e. The third-order valence-electron chi connectivity index (χ3n) is 4.80. The number of ether oxygens (including phenoxy) is 3. The van der Waals surface area contributed by atoms with Gasteiger partial charge in [-0.25, -0.2) is 12.6 Å². The van der Waals surface area contributed by atoms with Gasteiger partial charge in [0.15, 0.2) is 11.2 Å². The largest absolute Gasteiger partial charge is 0.349 e. The summed E-state index contributed by atoms with van der Waals surface area (Å²) >= 11 is 0. The van der Waals surface area contributed by atoms with Crippen LogP contribution in [0.15, 0.2) is 64.4 Å². The van der Waals surface area contributed by atoms with Crippen LogP contribution in [0.25, 0.3) is 0 Å². The molecule has 2 heterocycles. The standard InChI is InChI=1S/C20H22O8S2/c1-13-9-11-15(12-10-13)30(23,24)28-18-16(26-20(2,3)27-18)17-19(25-17)29(21,22)14-7-5-4-6-8-14/h4-12,16-19H,1-3H3/t16-,17+,18+,19+/m0/s1. The summed E-state index contributed by atoms with van der Waals surface area (Å²) in [4.78, 5) is 0.0748. The van der Waals surface area contributed by atoms with Gasteiger partial charge in [0.05, 0.1) is 9.79 Å². The lowest BCUT2D eigenvalue weighted by atomic mass is 10.2. The molecular formula is C20H22O8S2. The Hall–Kier alpha value is -1.82. The molecular weight excluding hydrogens is 432 g/mol. The van der Waals surface area contributed by atoms with Crippen molar-refractivity contribution >= 4 is 20.0 Å². The van der Waals surface area contributed by atoms with Crippen molar-refractivity contribution in [2.75, 3.05) is 0 Å². The van der Waals surface area contributed by atoms with Gasteiger partial charge in [-0.2, -0.15) is 8.42 Å². The summed E-state index contributed by atoms with van der Waals surface area (Å²) in [7, 11) is -7.94. The Morgan fingerprint density at radius 1 is 0.833 bits per heavy atom. The number of aryl methyl sites for hydroxylation is 1. The normalized spacial score (nSPS) is 28.4. The van der Waals surface area contributed by atoms with Gasteiger partial charge in [0, 0.05) is 0 Å². The van der Waals surface area contributed by atoms with Crippen LogP contribution >= 0.6 is 0 Å². The lowest BCUT2D eigenvalue weighted by Crippen LogP contribution is -2.34. The molecule has 0 aliphatic carbocycles. The quantitative estimate of drug-likeness (QED) is 0.484. The van der Waals surface area contributed by atoms with E-state index in [9.17, 15) is 16.8 Å². The Kier molecular flexibility index (Phi) is 5.28. The first-order valence-electron chi connectivity index (χ1n) is 9.30. The van der Waals surface area contributed by atoms with Gasteiger partial charge in [0.25, 0.3) is 10.1 Å². The second-order valence-corrected chi connectivity index (χ2v) is 11.3. The summed E-state index contributed by atoms with van der Waals surface area (Å²) in [6, 6.07) is 14.0. The molecule has 4 rings (SSSR count). The SMILES string of the molecule is Cc1ccc(S(=O)(=O)O[C@H]2OC(C)(C)O[C@H]2[C@H]2O[C@@H]2S(=O)(=O)c2ccccc2)cc1. The highest BCUT2D eigenvalue weighted by molar-refractivity contribution is 7.92. The number of hydrogen-bond donors (Lipinski definition) is 0. The van der Waals surface area contributed by atoms with Crippen molar-refractivity contribution in [3.05, 3.63) is 60.2 Å². The molecule has 2 aromatic carbocycles. The van der Waals surface area contributed by atoms with E-state index in [1.54, 1.807) is 44.2 Å². The molecule has 0 radical (unpaired) electrons. The van der Waals surface area contributed by atoms with Crippen LogP contribution in [-0.4, -0.2) is 46.6 Å². The zero-order valence-corrected chi connectivity index (χ0v) is 18.2. The molecule has 0 N–H and O–H groups in total. The van der Waals surface area contributed by atoms with Crippen molar-refractivity contribution in [2.24, 2.45) is 0 Å². The van der Waals surface area contributed by atoms with Crippen molar-refractivity contribution < 1.29 is 35.2 Å². The predicted octanol–water partition coefficient (Wildman–Crippen LogP) is 2.38. The maximum absolute atomic E-state index is 12.8. The topological polar surface area (TPSA) is 108 Å². The average Bonchev–Trinajstić information content (AvgIpc) is 3.42. The first-order chi connectivity index (χ1) is 14.0. The summed E-state index contributed by atoms with van der Waals surface area (Å²) in [6.07, 6.45) is -3.31. The van der Waals surface area contributed by atoms with Crippen LogP contribution in [0.4, 0.5) is 0 Å². The molecule has 2 aliphatic heterocycles. The molecule has 0 unspecified atom stereocenters. The fourth-order valence-electron chi connectivity index (χ4n) is 3.28. The summed E-state index contributed by atoms with van der Waals surface area (Å²) < 4.78 is 73.0. The summed E-state index contributed by atoms with van der Waals surface area (Å²) in [5, 5.41) is 0. The Bertz CT molecular complexity index is 1130. The van der Waals surface area contributed by atoms with Crippen molar-refractivity contribution in [2.45, 2.75) is 60.3 Å². The lowest BCUT2D eigenvalue weighted by molar-refractivity contribution is -0.167. The van der Waals surface area contributed by atoms with Crippen LogP contribution in [0.2, 0.25) is 0 Å². The number of benzene rings is 2. The third kappa shape index (κ3) is 4.16. The van der Waals surface area contributed by atoms with E-state index >= 15 is 0 Å². The highest BCUT2D eigenvalue weighted by atomic mass is 32.2. The molecule has 10 heteroatoms. The molecule has 0 amide bonds. The maximum atomic E-state index is 12.8. The molecule has 0 bridgehead atoms. The van der Waals surface area contributed by atoms with Gasteiger partial charge in [0.2, 0.25) is 16.1 Å². The second kappa shape index (κ2) is 7.40. The molecule has 2 saturated heterocycles. The van der Waals surface area contributed by atoms with Crippen LogP contribution in [-0.2, 0) is 38.3 Å². The van der Waals surface area contributed by atoms with Gasteiger partial charge in [-0.3, -0.25) is 0 Å². The summed E-state index contributed by atoms with van der Waals surface area (Å²) in [6.45, 7) is 5.01. The second-order valence-electron chi connectivity index (χ2n) is 7.66. The highest BCUT2D eigenvalue weighted by Crippen LogP contribution is 2.43. The molecule has 30 heavy (non-hydrogen) atoms. The predicted molar refractivity (Wildman–Crippen MR) is 106 cm³/mol. The molecule has 162 valence electrons. The zero-order valence-electron chi connectivity index (χ0n) is 16.6. The van der Waals surface area contributed by atoms with Crippen molar-refractivity contribution in [3.8, 4) is 0 Å². The smallest absolute Gasteiger partial charge is 0.299 e. The Labute approximate surface area is 175 Å². The molecule has 0 saturated carbocycles. The molecule has 2 aliphatic rings. The number of sulfone groups is 1. The molecule has 8 nitrogen and oxygen atoms in total. The highest BCUT2D eigenvalue weighted by Gasteiger charge is 2.61. The van der Waals surface area contributed by atoms with Gasteiger partial charge in [-0.15, -0.1) is 0 Å². The van der Waals surface area contributed by atoms with Crippen LogP contribution in [0.3, 0.4) is 0 Å². The molecule has 0 aromatic heterocycles. The first kappa shape index (κ1) is 21.4. The number of hydrogen-bond acceptors (Lipinski definition) is 8. The monoisotopic (exact) mass is 454 g/mol. The lowest BCUT2D eigenvalue weighted by Gasteiger charge is -2.16. The minimum absolute atomic E-state index is 0.0367. The molecule has 2 fully saturated rings. The molecule has 0 spiro atoms. The van der Waals surface area contributed by atoms with E-state index in [2.05, 4.69) is 0 Å². The van der Waals surface area contributed by atoms with Crippen molar-refractivity contribution in [1.82, 2.24) is 0 Å². The van der Waals surface area contributed by atoms with E-state index in [0.29, 0.717) is 0 Å². The van der Waals surface area contributed by atoms with Crippen molar-refractivity contribution in [1.29, 1.82) is 0 Å². The number of epoxide rings is 1. The first-order valence-corrected chi connectivity index (χ1v) is 12.3. The fourth-order valence-corrected chi connectivity index (χ4v) is 5.84. The third-order valence-corrected chi connectivity index (χ3v) is 8.02. The molecule has 2 aromatic rings. The minimum atomic E-state index is -4.16. The van der Waals surface area contributed by atoms with Crippen LogP contribution in [0, 0.1) is 6.92 Å². The van der Waals surface area contributed by atoms with E-state index in [-0.39, 0.29) is 9.79 Å². The van der Waals surface area contributed by atoms with Gasteiger partial charge in [0.1, 0.15) is 12.2 Å². The van der Waals surface area contributed by atoms with Gasteiger partial charge >= 0.3 is 0 Å². The van der Waals surface area contributed by atoms with E-state index in [4.69, 9.17) is 18.4 Å². The molecule has 4 atom stereocenters. The van der Waals surface area contributed by atoms with Crippen LogP contribution in [0.1, 0.15) is 19.4 Å². The van der Waals surface area contributed by atoms with Crippen molar-refractivity contribution in [3.63, 3.8) is 0 Å². The van der Waals surface area contributed by atoms with Crippen LogP contribution in [0.5, 0.6) is 0 Å². The van der Waals surface area contributed by atoms with Gasteiger partial charge in [-0.05, 0) is 45.0 Å². The minimum Gasteiger partial charge on any atom is -0.349 e. The Morgan fingerprint density at radius 3 is 2.10 bits per heavy atom. The average molecular weight is 455 g/mol. The Balaban J connectivity index is 1.55. The van der Waals surface area contributed by atoms with E-state index in [0.717, 1.165) is 5.56 Å². The summed E-state index contributed by atoms with van der Waals surface area (Å²) in [5.74, 6) is -1.18. The van der Waals surface area contributed by atoms with E-state index < -0.39 is 49.7 Å². The zero-order chi connectivity index (χ0) is 21.7. The van der Waals surface area contributed by atoms with Gasteiger partial charge < -0.3 is 14.2 Å². The Morgan fingerprint density at radius 2 is 1.47 bits per heavy atom. The van der Waals surface area contributed by atoms with E-state index in [1.165, 1.54) is 24.3 Å².